The number of halogens is 6. The molecule has 2 aromatic rings. The van der Waals surface area contributed by atoms with E-state index in [0.717, 1.165) is 27.7 Å². The molecule has 0 bridgehead atoms. The van der Waals surface area contributed by atoms with Crippen LogP contribution in [0.1, 0.15) is 12.2 Å². The Hall–Kier alpha value is -3.09. The first-order chi connectivity index (χ1) is 14.9. The van der Waals surface area contributed by atoms with Gasteiger partial charge in [-0.1, -0.05) is 0 Å². The van der Waals surface area contributed by atoms with Crippen LogP contribution in [0.3, 0.4) is 0 Å². The van der Waals surface area contributed by atoms with Crippen molar-refractivity contribution < 1.29 is 40.6 Å². The Balaban J connectivity index is 1.96. The van der Waals surface area contributed by atoms with Gasteiger partial charge in [-0.2, -0.15) is 26.3 Å². The summed E-state index contributed by atoms with van der Waals surface area (Å²) >= 11 is 0. The van der Waals surface area contributed by atoms with Crippen molar-refractivity contribution in [3.8, 4) is 11.4 Å². The number of rotatable bonds is 6. The Morgan fingerprint density at radius 1 is 1.03 bits per heavy atom. The van der Waals surface area contributed by atoms with Crippen molar-refractivity contribution in [2.24, 2.45) is 0 Å². The number of alkyl halides is 6. The van der Waals surface area contributed by atoms with Gasteiger partial charge >= 0.3 is 12.4 Å². The molecule has 0 radical (unpaired) electrons. The molecular weight excluding hydrogens is 448 g/mol. The molecular formula is C19H17F6N3O4. The maximum Gasteiger partial charge on any atom is 0.422 e. The van der Waals surface area contributed by atoms with E-state index in [1.54, 1.807) is 0 Å². The van der Waals surface area contributed by atoms with Crippen molar-refractivity contribution in [1.29, 1.82) is 0 Å². The van der Waals surface area contributed by atoms with Crippen LogP contribution in [-0.2, 0) is 16.0 Å². The quantitative estimate of drug-likeness (QED) is 0.614. The lowest BCUT2D eigenvalue weighted by atomic mass is 10.2. The third-order valence-corrected chi connectivity index (χ3v) is 4.37. The van der Waals surface area contributed by atoms with Gasteiger partial charge in [0.05, 0.1) is 25.3 Å². The minimum absolute atomic E-state index is 0.0823. The first kappa shape index (κ1) is 23.6. The Morgan fingerprint density at radius 2 is 1.72 bits per heavy atom. The molecule has 1 aliphatic heterocycles. The number of amides is 1. The molecule has 1 aliphatic rings. The number of morpholine rings is 1. The second-order valence-electron chi connectivity index (χ2n) is 6.82. The zero-order valence-corrected chi connectivity index (χ0v) is 16.4. The number of carbonyl (C=O) groups excluding carboxylic acids is 1. The number of nitrogens with zero attached hydrogens (tertiary/aromatic N) is 3. The number of benzene rings is 1. The van der Waals surface area contributed by atoms with Crippen molar-refractivity contribution in [3.05, 3.63) is 46.5 Å². The van der Waals surface area contributed by atoms with Crippen LogP contribution in [0.5, 0.6) is 5.75 Å². The molecule has 13 heteroatoms. The molecule has 174 valence electrons. The molecule has 0 saturated carbocycles. The fraction of sp³-hybridized carbons (Fsp3) is 0.421. The van der Waals surface area contributed by atoms with Crippen molar-refractivity contribution in [2.45, 2.75) is 25.2 Å². The average Bonchev–Trinajstić information content (AvgIpc) is 2.70. The molecule has 0 unspecified atom stereocenters. The lowest BCUT2D eigenvalue weighted by Gasteiger charge is -2.26. The minimum atomic E-state index is -4.54. The van der Waals surface area contributed by atoms with Crippen LogP contribution in [0.15, 0.2) is 35.1 Å². The number of aryl methyl sites for hydroxylation is 1. The SMILES string of the molecule is O=C1COCCN1c1cc(=O)n(-c2ccc(OCC(F)(F)F)cc2)c(CCC(F)(F)F)n1. The molecule has 2 heterocycles. The van der Waals surface area contributed by atoms with Crippen molar-refractivity contribution in [1.82, 2.24) is 9.55 Å². The van der Waals surface area contributed by atoms with Gasteiger partial charge in [-0.05, 0) is 24.3 Å². The first-order valence-corrected chi connectivity index (χ1v) is 9.31. The van der Waals surface area contributed by atoms with Gasteiger partial charge in [0.2, 0.25) is 0 Å². The van der Waals surface area contributed by atoms with Crippen LogP contribution in [-0.4, -0.2) is 54.2 Å². The number of aromatic nitrogens is 2. The van der Waals surface area contributed by atoms with Crippen LogP contribution in [0.4, 0.5) is 32.2 Å². The molecule has 32 heavy (non-hydrogen) atoms. The zero-order valence-electron chi connectivity index (χ0n) is 16.4. The van der Waals surface area contributed by atoms with E-state index in [4.69, 9.17) is 4.74 Å². The van der Waals surface area contributed by atoms with Gasteiger partial charge in [-0.25, -0.2) is 4.98 Å². The highest BCUT2D eigenvalue weighted by Gasteiger charge is 2.30. The summed E-state index contributed by atoms with van der Waals surface area (Å²) in [4.78, 5) is 30.1. The number of carbonyl (C=O) groups is 1. The monoisotopic (exact) mass is 465 g/mol. The van der Waals surface area contributed by atoms with E-state index < -0.39 is 43.3 Å². The summed E-state index contributed by atoms with van der Waals surface area (Å²) in [6, 6.07) is 5.77. The van der Waals surface area contributed by atoms with E-state index in [0.29, 0.717) is 0 Å². The van der Waals surface area contributed by atoms with Gasteiger partial charge in [0.15, 0.2) is 6.61 Å². The summed E-state index contributed by atoms with van der Waals surface area (Å²) in [7, 11) is 0. The van der Waals surface area contributed by atoms with E-state index in [1.807, 2.05) is 0 Å². The molecule has 1 saturated heterocycles. The Morgan fingerprint density at radius 3 is 2.31 bits per heavy atom. The normalized spacial score (nSPS) is 15.2. The fourth-order valence-corrected chi connectivity index (χ4v) is 2.97. The molecule has 0 spiro atoms. The second-order valence-corrected chi connectivity index (χ2v) is 6.82. The van der Waals surface area contributed by atoms with Gasteiger partial charge in [0, 0.05) is 12.5 Å². The van der Waals surface area contributed by atoms with Gasteiger partial charge in [-0.15, -0.1) is 0 Å². The zero-order chi connectivity index (χ0) is 23.5. The van der Waals surface area contributed by atoms with Gasteiger partial charge in [-0.3, -0.25) is 19.1 Å². The summed E-state index contributed by atoms with van der Waals surface area (Å²) in [6.07, 6.45) is -11.0. The predicted octanol–water partition coefficient (Wildman–Crippen LogP) is 3.03. The maximum absolute atomic E-state index is 12.8. The second kappa shape index (κ2) is 9.18. The van der Waals surface area contributed by atoms with Crippen molar-refractivity contribution >= 4 is 11.7 Å². The van der Waals surface area contributed by atoms with Gasteiger partial charge in [0.1, 0.15) is 24.0 Å². The lowest BCUT2D eigenvalue weighted by molar-refractivity contribution is -0.153. The maximum atomic E-state index is 12.8. The highest BCUT2D eigenvalue weighted by Crippen LogP contribution is 2.24. The number of hydrogen-bond acceptors (Lipinski definition) is 5. The van der Waals surface area contributed by atoms with E-state index in [2.05, 4.69) is 9.72 Å². The molecule has 0 N–H and O–H groups in total. The van der Waals surface area contributed by atoms with E-state index >= 15 is 0 Å². The molecule has 1 aromatic heterocycles. The third-order valence-electron chi connectivity index (χ3n) is 4.37. The molecule has 3 rings (SSSR count). The fourth-order valence-electron chi connectivity index (χ4n) is 2.97. The largest absolute Gasteiger partial charge is 0.484 e. The van der Waals surface area contributed by atoms with Crippen LogP contribution in [0, 0.1) is 0 Å². The Labute approximate surface area is 177 Å². The van der Waals surface area contributed by atoms with E-state index in [1.165, 1.54) is 12.1 Å². The number of ether oxygens (including phenoxy) is 2. The minimum Gasteiger partial charge on any atom is -0.484 e. The highest BCUT2D eigenvalue weighted by molar-refractivity contribution is 5.93. The van der Waals surface area contributed by atoms with E-state index in [-0.39, 0.29) is 42.8 Å². The van der Waals surface area contributed by atoms with Crippen molar-refractivity contribution in [2.75, 3.05) is 31.3 Å². The predicted molar refractivity (Wildman–Crippen MR) is 98.9 cm³/mol. The smallest absolute Gasteiger partial charge is 0.422 e. The highest BCUT2D eigenvalue weighted by atomic mass is 19.4. The Bertz CT molecular complexity index is 1020. The van der Waals surface area contributed by atoms with Crippen LogP contribution in [0.2, 0.25) is 0 Å². The molecule has 7 nitrogen and oxygen atoms in total. The van der Waals surface area contributed by atoms with Crippen LogP contribution in [0.25, 0.3) is 5.69 Å². The third kappa shape index (κ3) is 6.22. The topological polar surface area (TPSA) is 73.7 Å². The molecule has 0 aliphatic carbocycles. The van der Waals surface area contributed by atoms with Crippen LogP contribution >= 0.6 is 0 Å². The average molecular weight is 465 g/mol. The van der Waals surface area contributed by atoms with Crippen molar-refractivity contribution in [3.63, 3.8) is 0 Å². The van der Waals surface area contributed by atoms with Gasteiger partial charge < -0.3 is 9.47 Å². The summed E-state index contributed by atoms with van der Waals surface area (Å²) in [6.45, 7) is -1.51. The first-order valence-electron chi connectivity index (χ1n) is 9.31. The summed E-state index contributed by atoms with van der Waals surface area (Å²) in [5, 5.41) is 0. The summed E-state index contributed by atoms with van der Waals surface area (Å²) < 4.78 is 85.8. The molecule has 0 atom stereocenters. The molecule has 1 fully saturated rings. The summed E-state index contributed by atoms with van der Waals surface area (Å²) in [5.41, 5.74) is -0.672. The van der Waals surface area contributed by atoms with Crippen LogP contribution < -0.4 is 15.2 Å². The molecule has 1 amide bonds. The number of hydrogen-bond donors (Lipinski definition) is 0. The van der Waals surface area contributed by atoms with Gasteiger partial charge in [0.25, 0.3) is 11.5 Å². The Kier molecular flexibility index (Phi) is 6.77. The summed E-state index contributed by atoms with van der Waals surface area (Å²) in [5.74, 6) is -0.983. The molecule has 1 aromatic carbocycles. The van der Waals surface area contributed by atoms with E-state index in [9.17, 15) is 35.9 Å². The number of anilines is 1. The standard InChI is InChI=1S/C19H17F6N3O4/c20-18(21,22)6-5-14-26-15(27-7-8-31-10-17(27)30)9-16(29)28(14)12-1-3-13(4-2-12)32-11-19(23,24)25/h1-4,9H,5-8,10-11H2. The lowest BCUT2D eigenvalue weighted by Crippen LogP contribution is -2.43.